The zero-order valence-corrected chi connectivity index (χ0v) is 28.7. The molecule has 9 nitrogen and oxygen atoms in total. The van der Waals surface area contributed by atoms with Gasteiger partial charge in [0, 0.05) is 41.3 Å². The van der Waals surface area contributed by atoms with Crippen LogP contribution in [0.2, 0.25) is 5.02 Å². The number of para-hydroxylation sites is 1. The van der Waals surface area contributed by atoms with E-state index in [4.69, 9.17) is 60.9 Å². The molecule has 1 aliphatic carbocycles. The van der Waals surface area contributed by atoms with Crippen molar-refractivity contribution < 1.29 is 19.1 Å². The molecule has 13 heteroatoms. The van der Waals surface area contributed by atoms with E-state index in [1.165, 1.54) is 0 Å². The van der Waals surface area contributed by atoms with Crippen LogP contribution in [0.4, 0.5) is 10.7 Å². The van der Waals surface area contributed by atoms with E-state index in [9.17, 15) is 9.59 Å². The van der Waals surface area contributed by atoms with E-state index in [2.05, 4.69) is 15.3 Å². The number of aromatic nitrogens is 3. The second-order valence-electron chi connectivity index (χ2n) is 12.3. The molecular formula is C33H35Cl4N5O4. The third-order valence-electron chi connectivity index (χ3n) is 7.55. The average Bonchev–Trinajstić information content (AvgIpc) is 3.43. The lowest BCUT2D eigenvalue weighted by atomic mass is 9.89. The topological polar surface area (TPSA) is 109 Å². The molecule has 1 saturated carbocycles. The average molecular weight is 707 g/mol. The highest BCUT2D eigenvalue weighted by molar-refractivity contribution is 6.67. The van der Waals surface area contributed by atoms with Gasteiger partial charge in [-0.1, -0.05) is 76.7 Å². The first-order valence-corrected chi connectivity index (χ1v) is 16.4. The molecule has 1 fully saturated rings. The van der Waals surface area contributed by atoms with Crippen LogP contribution in [0.15, 0.2) is 60.9 Å². The first-order valence-electron chi connectivity index (χ1n) is 14.9. The van der Waals surface area contributed by atoms with Gasteiger partial charge >= 0.3 is 12.1 Å². The van der Waals surface area contributed by atoms with Gasteiger partial charge in [0.1, 0.15) is 12.2 Å². The molecule has 0 bridgehead atoms. The Labute approximate surface area is 287 Å². The number of carbonyl (C=O) groups excluding carboxylic acids is 2. The Kier molecular flexibility index (Phi) is 10.6. The van der Waals surface area contributed by atoms with Crippen molar-refractivity contribution in [3.05, 3.63) is 77.1 Å². The Morgan fingerprint density at radius 2 is 1.80 bits per heavy atom. The minimum absolute atomic E-state index is 0.00995. The van der Waals surface area contributed by atoms with Crippen molar-refractivity contribution in [3.8, 4) is 11.3 Å². The van der Waals surface area contributed by atoms with Gasteiger partial charge in [0.25, 0.3) is 0 Å². The number of H-pyrrole nitrogens is 1. The predicted molar refractivity (Wildman–Crippen MR) is 183 cm³/mol. The Balaban J connectivity index is 1.31. The van der Waals surface area contributed by atoms with E-state index in [-0.39, 0.29) is 25.2 Å². The number of carbonyl (C=O) groups is 2. The van der Waals surface area contributed by atoms with Crippen molar-refractivity contribution in [2.24, 2.45) is 0 Å². The Bertz CT molecular complexity index is 1680. The van der Waals surface area contributed by atoms with Crippen LogP contribution in [-0.4, -0.2) is 60.0 Å². The van der Waals surface area contributed by atoms with E-state index in [0.717, 1.165) is 41.3 Å². The van der Waals surface area contributed by atoms with Gasteiger partial charge in [-0.2, -0.15) is 0 Å². The van der Waals surface area contributed by atoms with Gasteiger partial charge < -0.3 is 24.7 Å². The molecule has 1 amide bonds. The van der Waals surface area contributed by atoms with Crippen molar-refractivity contribution in [2.45, 2.75) is 74.5 Å². The maximum absolute atomic E-state index is 13.5. The molecule has 0 spiro atoms. The number of nitrogens with zero attached hydrogens (tertiary/aromatic N) is 3. The SMILES string of the molecule is CC(C)(C)OC(=O)N(Cc1ccc(C(=O)OCC(Cl)(Cl)Cl)cc1)[C@H]1CCC[C@@H](Nc2ncc(Cl)c(-c3c[nH]c4ccccc34)n2)C1. The smallest absolute Gasteiger partial charge is 0.410 e. The maximum atomic E-state index is 13.5. The van der Waals surface area contributed by atoms with Gasteiger partial charge in [-0.15, -0.1) is 0 Å². The highest BCUT2D eigenvalue weighted by Crippen LogP contribution is 2.34. The van der Waals surface area contributed by atoms with E-state index in [1.807, 2.05) is 51.2 Å². The summed E-state index contributed by atoms with van der Waals surface area (Å²) in [5.74, 6) is -0.142. The fourth-order valence-corrected chi connectivity index (χ4v) is 5.85. The molecule has 0 unspecified atom stereocenters. The second kappa shape index (κ2) is 14.3. The number of halogens is 4. The van der Waals surface area contributed by atoms with Crippen molar-refractivity contribution >= 4 is 75.3 Å². The van der Waals surface area contributed by atoms with Crippen LogP contribution >= 0.6 is 46.4 Å². The van der Waals surface area contributed by atoms with E-state index >= 15 is 0 Å². The number of rotatable bonds is 8. The van der Waals surface area contributed by atoms with Crippen LogP contribution in [0.3, 0.4) is 0 Å². The summed E-state index contributed by atoms with van der Waals surface area (Å²) in [4.78, 5) is 40.2. The van der Waals surface area contributed by atoms with Crippen molar-refractivity contribution in [3.63, 3.8) is 0 Å². The van der Waals surface area contributed by atoms with Gasteiger partial charge in [-0.05, 0) is 70.2 Å². The van der Waals surface area contributed by atoms with Crippen molar-refractivity contribution in [1.82, 2.24) is 19.9 Å². The van der Waals surface area contributed by atoms with Crippen LogP contribution in [0.1, 0.15) is 62.4 Å². The first kappa shape index (κ1) is 34.1. The molecular weight excluding hydrogens is 672 g/mol. The number of ether oxygens (including phenoxy) is 2. The summed E-state index contributed by atoms with van der Waals surface area (Å²) in [5.41, 5.74) is 2.98. The van der Waals surface area contributed by atoms with Crippen LogP contribution in [0.5, 0.6) is 0 Å². The highest BCUT2D eigenvalue weighted by atomic mass is 35.6. The Hall–Kier alpha value is -3.24. The zero-order valence-electron chi connectivity index (χ0n) is 25.7. The van der Waals surface area contributed by atoms with E-state index in [0.29, 0.717) is 28.6 Å². The normalized spacial score (nSPS) is 17.0. The minimum Gasteiger partial charge on any atom is -0.458 e. The molecule has 2 heterocycles. The first-order chi connectivity index (χ1) is 21.8. The molecule has 1 aliphatic rings. The standard InChI is InChI=1S/C33H35Cl4N5O4/c1-32(2,3)46-31(44)42(18-20-11-13-21(14-12-20)29(43)45-19-33(35,36)37)23-8-6-7-22(15-23)40-30-39-17-26(34)28(41-30)25-16-38-27-10-5-4-9-24(25)27/h4-5,9-14,16-17,22-23,38H,6-8,15,18-19H2,1-3H3,(H,39,40,41)/t22-,23+/m1/s1. The van der Waals surface area contributed by atoms with Gasteiger partial charge in [-0.3, -0.25) is 0 Å². The second-order valence-corrected chi connectivity index (χ2v) is 15.2. The molecule has 2 aromatic heterocycles. The third kappa shape index (κ3) is 8.97. The lowest BCUT2D eigenvalue weighted by molar-refractivity contribution is 0.00934. The largest absolute Gasteiger partial charge is 0.458 e. The summed E-state index contributed by atoms with van der Waals surface area (Å²) in [5, 5.41) is 4.96. The fraction of sp³-hybridized carbons (Fsp3) is 0.394. The van der Waals surface area contributed by atoms with Gasteiger partial charge in [0.2, 0.25) is 9.74 Å². The van der Waals surface area contributed by atoms with Gasteiger partial charge in [0.05, 0.1) is 22.5 Å². The Morgan fingerprint density at radius 3 is 2.52 bits per heavy atom. The number of anilines is 1. The Morgan fingerprint density at radius 1 is 1.07 bits per heavy atom. The molecule has 0 saturated heterocycles. The molecule has 46 heavy (non-hydrogen) atoms. The third-order valence-corrected chi connectivity index (χ3v) is 8.15. The number of amides is 1. The highest BCUT2D eigenvalue weighted by Gasteiger charge is 2.33. The number of fused-ring (bicyclic) bond motifs is 1. The van der Waals surface area contributed by atoms with Crippen LogP contribution in [0, 0.1) is 0 Å². The van der Waals surface area contributed by atoms with Crippen molar-refractivity contribution in [2.75, 3.05) is 11.9 Å². The molecule has 2 aromatic carbocycles. The molecule has 0 aliphatic heterocycles. The number of alkyl halides is 3. The predicted octanol–water partition coefficient (Wildman–Crippen LogP) is 8.97. The maximum Gasteiger partial charge on any atom is 0.410 e. The summed E-state index contributed by atoms with van der Waals surface area (Å²) in [6.07, 6.45) is 6.34. The molecule has 2 atom stereocenters. The number of hydrogen-bond donors (Lipinski definition) is 2. The van der Waals surface area contributed by atoms with Crippen LogP contribution < -0.4 is 5.32 Å². The van der Waals surface area contributed by atoms with E-state index in [1.54, 1.807) is 35.4 Å². The van der Waals surface area contributed by atoms with E-state index < -0.39 is 21.5 Å². The lowest BCUT2D eigenvalue weighted by Crippen LogP contribution is -2.46. The summed E-state index contributed by atoms with van der Waals surface area (Å²) in [6, 6.07) is 14.7. The van der Waals surface area contributed by atoms with Gasteiger partial charge in [-0.25, -0.2) is 19.6 Å². The molecule has 2 N–H and O–H groups in total. The zero-order chi connectivity index (χ0) is 33.1. The number of nitrogens with one attached hydrogen (secondary N) is 2. The minimum atomic E-state index is -1.70. The molecule has 244 valence electrons. The fourth-order valence-electron chi connectivity index (χ4n) is 5.49. The summed E-state index contributed by atoms with van der Waals surface area (Å²) in [6.45, 7) is 5.45. The lowest BCUT2D eigenvalue weighted by Gasteiger charge is -2.38. The summed E-state index contributed by atoms with van der Waals surface area (Å²) >= 11 is 23.6. The van der Waals surface area contributed by atoms with Crippen LogP contribution in [-0.2, 0) is 16.0 Å². The summed E-state index contributed by atoms with van der Waals surface area (Å²) in [7, 11) is 0. The molecule has 4 aromatic rings. The number of esters is 1. The van der Waals surface area contributed by atoms with Crippen LogP contribution in [0.25, 0.3) is 22.2 Å². The molecule has 0 radical (unpaired) electrons. The number of benzene rings is 2. The number of aromatic amines is 1. The monoisotopic (exact) mass is 705 g/mol. The quantitative estimate of drug-likeness (QED) is 0.139. The summed E-state index contributed by atoms with van der Waals surface area (Å²) < 4.78 is 9.19. The molecule has 5 rings (SSSR count). The van der Waals surface area contributed by atoms with Crippen molar-refractivity contribution in [1.29, 1.82) is 0 Å². The number of hydrogen-bond acceptors (Lipinski definition) is 7. The van der Waals surface area contributed by atoms with Gasteiger partial charge in [0.15, 0.2) is 0 Å².